The van der Waals surface area contributed by atoms with Crippen molar-refractivity contribution in [2.24, 2.45) is 0 Å². The molecular formula is C29H33N5O4S2. The molecule has 9 nitrogen and oxygen atoms in total. The van der Waals surface area contributed by atoms with Gasteiger partial charge in [0, 0.05) is 29.9 Å². The Balaban J connectivity index is 1.69. The van der Waals surface area contributed by atoms with E-state index in [9.17, 15) is 18.0 Å². The van der Waals surface area contributed by atoms with Crippen molar-refractivity contribution in [2.75, 3.05) is 18.8 Å². The Morgan fingerprint density at radius 3 is 2.33 bits per heavy atom. The van der Waals surface area contributed by atoms with Crippen molar-refractivity contribution in [3.05, 3.63) is 82.7 Å². The number of sulfonamides is 1. The Kier molecular flexibility index (Phi) is 9.07. The second kappa shape index (κ2) is 12.3. The van der Waals surface area contributed by atoms with Gasteiger partial charge in [0.05, 0.1) is 22.9 Å². The average molecular weight is 580 g/mol. The number of carbonyl (C=O) groups excluding carboxylic acids is 2. The Morgan fingerprint density at radius 2 is 1.70 bits per heavy atom. The van der Waals surface area contributed by atoms with Crippen LogP contribution in [-0.4, -0.2) is 62.9 Å². The molecule has 0 unspecified atom stereocenters. The quantitative estimate of drug-likeness (QED) is 0.182. The summed E-state index contributed by atoms with van der Waals surface area (Å²) in [5.74, 6) is 0.347. The zero-order valence-corrected chi connectivity index (χ0v) is 24.9. The van der Waals surface area contributed by atoms with E-state index in [0.29, 0.717) is 58.7 Å². The summed E-state index contributed by atoms with van der Waals surface area (Å²) in [6, 6.07) is 16.5. The fraction of sp³-hybridized carbons (Fsp3) is 0.310. The van der Waals surface area contributed by atoms with Crippen LogP contribution in [0.25, 0.3) is 11.4 Å². The molecule has 0 aliphatic rings. The first kappa shape index (κ1) is 29.4. The summed E-state index contributed by atoms with van der Waals surface area (Å²) in [6.45, 7) is 9.83. The maximum absolute atomic E-state index is 13.2. The Hall–Kier alpha value is -3.54. The zero-order valence-electron chi connectivity index (χ0n) is 23.3. The minimum atomic E-state index is -3.66. The molecule has 4 rings (SSSR count). The van der Waals surface area contributed by atoms with Gasteiger partial charge >= 0.3 is 0 Å². The fourth-order valence-electron chi connectivity index (χ4n) is 4.78. The number of hydrogen-bond acceptors (Lipinski definition) is 7. The standard InChI is InChI=1S/C29H33N5O4S2/c1-6-33(7-2)40(37,38)24-15-11-14-23(16-24)28-31-32-29(34(28)17-22-12-9-8-10-13-22)39-18-25(36)27-19(3)26(21(5)35)20(4)30-27/h8-16,30H,6-7,17-18H2,1-5H3. The molecule has 40 heavy (non-hydrogen) atoms. The fourth-order valence-corrected chi connectivity index (χ4v) is 7.10. The van der Waals surface area contributed by atoms with Gasteiger partial charge in [-0.15, -0.1) is 10.2 Å². The molecule has 0 saturated carbocycles. The number of ketones is 2. The summed E-state index contributed by atoms with van der Waals surface area (Å²) in [4.78, 5) is 28.4. The van der Waals surface area contributed by atoms with Crippen LogP contribution >= 0.6 is 11.8 Å². The number of aromatic nitrogens is 4. The first-order valence-electron chi connectivity index (χ1n) is 13.0. The highest BCUT2D eigenvalue weighted by Gasteiger charge is 2.24. The Morgan fingerprint density at radius 1 is 1.00 bits per heavy atom. The summed E-state index contributed by atoms with van der Waals surface area (Å²) >= 11 is 1.25. The smallest absolute Gasteiger partial charge is 0.243 e. The van der Waals surface area contributed by atoms with Crippen molar-refractivity contribution >= 4 is 33.4 Å². The van der Waals surface area contributed by atoms with Crippen LogP contribution < -0.4 is 0 Å². The van der Waals surface area contributed by atoms with Crippen molar-refractivity contribution in [1.82, 2.24) is 24.1 Å². The van der Waals surface area contributed by atoms with E-state index < -0.39 is 10.0 Å². The van der Waals surface area contributed by atoms with E-state index in [2.05, 4.69) is 15.2 Å². The van der Waals surface area contributed by atoms with Crippen molar-refractivity contribution in [3.63, 3.8) is 0 Å². The second-order valence-electron chi connectivity index (χ2n) is 9.39. The molecule has 2 aromatic carbocycles. The van der Waals surface area contributed by atoms with Gasteiger partial charge < -0.3 is 4.98 Å². The van der Waals surface area contributed by atoms with Crippen LogP contribution in [0.4, 0.5) is 0 Å². The molecule has 1 N–H and O–H groups in total. The topological polar surface area (TPSA) is 118 Å². The van der Waals surface area contributed by atoms with Crippen LogP contribution in [0, 0.1) is 13.8 Å². The number of benzene rings is 2. The molecule has 210 valence electrons. The van der Waals surface area contributed by atoms with Crippen LogP contribution in [0.2, 0.25) is 0 Å². The molecule has 0 amide bonds. The number of carbonyl (C=O) groups is 2. The van der Waals surface area contributed by atoms with Crippen LogP contribution in [0.1, 0.15) is 58.4 Å². The van der Waals surface area contributed by atoms with E-state index in [0.717, 1.165) is 5.56 Å². The maximum atomic E-state index is 13.2. The lowest BCUT2D eigenvalue weighted by Gasteiger charge is -2.19. The number of nitrogens with one attached hydrogen (secondary N) is 1. The molecule has 0 radical (unpaired) electrons. The molecule has 0 bridgehead atoms. The van der Waals surface area contributed by atoms with Gasteiger partial charge in [0.2, 0.25) is 10.0 Å². The van der Waals surface area contributed by atoms with E-state index in [1.54, 1.807) is 38.1 Å². The molecular weight excluding hydrogens is 546 g/mol. The van der Waals surface area contributed by atoms with Crippen LogP contribution in [0.15, 0.2) is 64.6 Å². The molecule has 0 aliphatic heterocycles. The van der Waals surface area contributed by atoms with Gasteiger partial charge in [-0.05, 0) is 44.0 Å². The third-order valence-electron chi connectivity index (χ3n) is 6.74. The van der Waals surface area contributed by atoms with Gasteiger partial charge in [0.15, 0.2) is 22.5 Å². The predicted molar refractivity (Wildman–Crippen MR) is 156 cm³/mol. The lowest BCUT2D eigenvalue weighted by molar-refractivity contribution is 0.101. The van der Waals surface area contributed by atoms with Crippen LogP contribution in [0.3, 0.4) is 0 Å². The number of aromatic amines is 1. The zero-order chi connectivity index (χ0) is 29.0. The maximum Gasteiger partial charge on any atom is 0.243 e. The average Bonchev–Trinajstić information content (AvgIpc) is 3.47. The highest BCUT2D eigenvalue weighted by atomic mass is 32.2. The number of hydrogen-bond donors (Lipinski definition) is 1. The first-order valence-corrected chi connectivity index (χ1v) is 15.4. The SMILES string of the molecule is CCN(CC)S(=O)(=O)c1cccc(-c2nnc(SCC(=O)c3[nH]c(C)c(C(C)=O)c3C)n2Cc2ccccc2)c1. The number of thioether (sulfide) groups is 1. The number of H-pyrrole nitrogens is 1. The van der Waals surface area contributed by atoms with Crippen LogP contribution in [-0.2, 0) is 16.6 Å². The van der Waals surface area contributed by atoms with Gasteiger partial charge in [-0.25, -0.2) is 8.42 Å². The minimum absolute atomic E-state index is 0.0848. The Bertz CT molecular complexity index is 1640. The number of rotatable bonds is 12. The van der Waals surface area contributed by atoms with Crippen molar-refractivity contribution in [2.45, 2.75) is 51.2 Å². The molecule has 11 heteroatoms. The third-order valence-corrected chi connectivity index (χ3v) is 9.75. The summed E-state index contributed by atoms with van der Waals surface area (Å²) < 4.78 is 29.7. The van der Waals surface area contributed by atoms with Crippen molar-refractivity contribution < 1.29 is 18.0 Å². The largest absolute Gasteiger partial charge is 0.355 e. The molecule has 0 spiro atoms. The van der Waals surface area contributed by atoms with Gasteiger partial charge in [-0.3, -0.25) is 14.2 Å². The minimum Gasteiger partial charge on any atom is -0.355 e. The lowest BCUT2D eigenvalue weighted by atomic mass is 10.1. The van der Waals surface area contributed by atoms with Gasteiger partial charge in [0.25, 0.3) is 0 Å². The van der Waals surface area contributed by atoms with Gasteiger partial charge in [0.1, 0.15) is 0 Å². The lowest BCUT2D eigenvalue weighted by Crippen LogP contribution is -2.30. The summed E-state index contributed by atoms with van der Waals surface area (Å²) in [5, 5.41) is 9.33. The molecule has 2 heterocycles. The number of nitrogens with zero attached hydrogens (tertiary/aromatic N) is 4. The molecule has 0 atom stereocenters. The normalized spacial score (nSPS) is 11.8. The molecule has 2 aromatic heterocycles. The predicted octanol–water partition coefficient (Wildman–Crippen LogP) is 5.15. The summed E-state index contributed by atoms with van der Waals surface area (Å²) in [7, 11) is -3.66. The van der Waals surface area contributed by atoms with Crippen molar-refractivity contribution in [3.8, 4) is 11.4 Å². The van der Waals surface area contributed by atoms with Crippen LogP contribution in [0.5, 0.6) is 0 Å². The Labute approximate surface area is 239 Å². The van der Waals surface area contributed by atoms with E-state index in [-0.39, 0.29) is 22.2 Å². The highest BCUT2D eigenvalue weighted by Crippen LogP contribution is 2.29. The second-order valence-corrected chi connectivity index (χ2v) is 12.3. The highest BCUT2D eigenvalue weighted by molar-refractivity contribution is 7.99. The van der Waals surface area contributed by atoms with Gasteiger partial charge in [-0.1, -0.05) is 68.1 Å². The third kappa shape index (κ3) is 5.96. The molecule has 0 aliphatic carbocycles. The van der Waals surface area contributed by atoms with E-state index in [4.69, 9.17) is 0 Å². The van der Waals surface area contributed by atoms with Gasteiger partial charge in [-0.2, -0.15) is 4.31 Å². The summed E-state index contributed by atoms with van der Waals surface area (Å²) in [6.07, 6.45) is 0. The van der Waals surface area contributed by atoms with Crippen molar-refractivity contribution in [1.29, 1.82) is 0 Å². The van der Waals surface area contributed by atoms with E-state index in [1.165, 1.54) is 23.0 Å². The van der Waals surface area contributed by atoms with E-state index in [1.807, 2.05) is 48.7 Å². The molecule has 0 fully saturated rings. The first-order chi connectivity index (χ1) is 19.1. The molecule has 4 aromatic rings. The number of Topliss-reactive ketones (excluding diaryl/α,β-unsaturated/α-hetero) is 2. The summed E-state index contributed by atoms with van der Waals surface area (Å²) in [5.41, 5.74) is 3.89. The molecule has 0 saturated heterocycles. The number of aryl methyl sites for hydroxylation is 1. The van der Waals surface area contributed by atoms with E-state index >= 15 is 0 Å². The monoisotopic (exact) mass is 579 g/mol.